The Morgan fingerprint density at radius 2 is 2.05 bits per heavy atom. The molecule has 0 N–H and O–H groups in total. The van der Waals surface area contributed by atoms with Gasteiger partial charge in [-0.1, -0.05) is 15.9 Å². The molecule has 1 aliphatic heterocycles. The zero-order valence-electron chi connectivity index (χ0n) is 11.1. The predicted octanol–water partition coefficient (Wildman–Crippen LogP) is 2.19. The van der Waals surface area contributed by atoms with Crippen LogP contribution in [0.1, 0.15) is 6.42 Å². The van der Waals surface area contributed by atoms with Crippen molar-refractivity contribution >= 4 is 43.4 Å². The third kappa shape index (κ3) is 4.23. The van der Waals surface area contributed by atoms with Crippen LogP contribution in [-0.2, 0) is 14.6 Å². The summed E-state index contributed by atoms with van der Waals surface area (Å²) >= 11 is 4.83. The van der Waals surface area contributed by atoms with Crippen LogP contribution in [0, 0.1) is 0 Å². The van der Waals surface area contributed by atoms with E-state index in [0.29, 0.717) is 12.2 Å². The van der Waals surface area contributed by atoms with E-state index in [1.165, 1.54) is 11.8 Å². The van der Waals surface area contributed by atoms with Crippen molar-refractivity contribution in [3.63, 3.8) is 0 Å². The number of amides is 1. The van der Waals surface area contributed by atoms with Gasteiger partial charge in [0.05, 0.1) is 17.3 Å². The largest absolute Gasteiger partial charge is 0.341 e. The summed E-state index contributed by atoms with van der Waals surface area (Å²) in [6.07, 6.45) is 0.549. The van der Waals surface area contributed by atoms with Crippen molar-refractivity contribution in [1.82, 2.24) is 4.90 Å². The molecule has 1 atom stereocenters. The Hall–Kier alpha value is -0.530. The van der Waals surface area contributed by atoms with Gasteiger partial charge < -0.3 is 4.90 Å². The molecule has 20 heavy (non-hydrogen) atoms. The molecule has 0 radical (unpaired) electrons. The molecule has 1 aromatic rings. The molecule has 1 aromatic carbocycles. The van der Waals surface area contributed by atoms with Gasteiger partial charge in [-0.15, -0.1) is 11.8 Å². The highest BCUT2D eigenvalue weighted by atomic mass is 79.9. The number of thioether (sulfide) groups is 1. The van der Waals surface area contributed by atoms with E-state index >= 15 is 0 Å². The number of rotatable bonds is 4. The molecule has 1 amide bonds. The van der Waals surface area contributed by atoms with Gasteiger partial charge in [0.2, 0.25) is 5.91 Å². The van der Waals surface area contributed by atoms with Crippen LogP contribution in [0.15, 0.2) is 33.6 Å². The number of hydrogen-bond acceptors (Lipinski definition) is 4. The van der Waals surface area contributed by atoms with Crippen molar-refractivity contribution < 1.29 is 13.2 Å². The second-order valence-electron chi connectivity index (χ2n) is 4.80. The third-order valence-electron chi connectivity index (χ3n) is 3.33. The molecule has 1 aliphatic rings. The average molecular weight is 378 g/mol. The normalized spacial score (nSPS) is 20.8. The number of halogens is 1. The van der Waals surface area contributed by atoms with E-state index in [0.717, 1.165) is 9.37 Å². The van der Waals surface area contributed by atoms with Crippen LogP contribution < -0.4 is 0 Å². The maximum Gasteiger partial charge on any atom is 0.232 e. The van der Waals surface area contributed by atoms with Crippen LogP contribution in [0.25, 0.3) is 0 Å². The molecule has 0 spiro atoms. The molecule has 0 bridgehead atoms. The quantitative estimate of drug-likeness (QED) is 0.754. The molecule has 0 aromatic heterocycles. The minimum atomic E-state index is -2.95. The highest BCUT2D eigenvalue weighted by molar-refractivity contribution is 9.10. The van der Waals surface area contributed by atoms with Crippen molar-refractivity contribution in [3.05, 3.63) is 28.7 Å². The zero-order chi connectivity index (χ0) is 14.8. The Morgan fingerprint density at radius 3 is 2.60 bits per heavy atom. The zero-order valence-corrected chi connectivity index (χ0v) is 14.3. The van der Waals surface area contributed by atoms with Crippen LogP contribution in [0.5, 0.6) is 0 Å². The number of sulfone groups is 1. The maximum absolute atomic E-state index is 12.1. The topological polar surface area (TPSA) is 54.5 Å². The monoisotopic (exact) mass is 377 g/mol. The minimum Gasteiger partial charge on any atom is -0.341 e. The Balaban J connectivity index is 1.87. The SMILES string of the molecule is CN(C(=O)CSc1ccc(Br)cc1)[C@@H]1CCS(=O)(=O)C1. The first kappa shape index (κ1) is 15.9. The first-order chi connectivity index (χ1) is 9.37. The van der Waals surface area contributed by atoms with Crippen LogP contribution in [0.2, 0.25) is 0 Å². The summed E-state index contributed by atoms with van der Waals surface area (Å²) in [5.74, 6) is 0.585. The van der Waals surface area contributed by atoms with Gasteiger partial charge >= 0.3 is 0 Å². The molecule has 1 heterocycles. The number of carbonyl (C=O) groups is 1. The van der Waals surface area contributed by atoms with Crippen molar-refractivity contribution in [2.24, 2.45) is 0 Å². The lowest BCUT2D eigenvalue weighted by atomic mass is 10.2. The smallest absolute Gasteiger partial charge is 0.232 e. The predicted molar refractivity (Wildman–Crippen MR) is 84.7 cm³/mol. The summed E-state index contributed by atoms with van der Waals surface area (Å²) in [6, 6.07) is 7.59. The molecule has 4 nitrogen and oxygen atoms in total. The summed E-state index contributed by atoms with van der Waals surface area (Å²) < 4.78 is 23.9. The maximum atomic E-state index is 12.1. The van der Waals surface area contributed by atoms with Crippen molar-refractivity contribution in [1.29, 1.82) is 0 Å². The van der Waals surface area contributed by atoms with Gasteiger partial charge in [-0.25, -0.2) is 8.42 Å². The van der Waals surface area contributed by atoms with E-state index in [4.69, 9.17) is 0 Å². The van der Waals surface area contributed by atoms with Crippen LogP contribution in [0.3, 0.4) is 0 Å². The molecule has 0 aliphatic carbocycles. The molecule has 1 fully saturated rings. The molecular weight excluding hydrogens is 362 g/mol. The summed E-state index contributed by atoms with van der Waals surface area (Å²) in [4.78, 5) is 14.7. The standard InChI is InChI=1S/C13H16BrNO3S2/c1-15(11-6-7-20(17,18)9-11)13(16)8-19-12-4-2-10(14)3-5-12/h2-5,11H,6-9H2,1H3/t11-/m1/s1. The lowest BCUT2D eigenvalue weighted by Crippen LogP contribution is -2.38. The van der Waals surface area contributed by atoms with E-state index < -0.39 is 9.84 Å². The fourth-order valence-electron chi connectivity index (χ4n) is 2.06. The Bertz CT molecular complexity index is 586. The highest BCUT2D eigenvalue weighted by Crippen LogP contribution is 2.22. The van der Waals surface area contributed by atoms with Gasteiger partial charge in [-0.05, 0) is 30.7 Å². The van der Waals surface area contributed by atoms with Gasteiger partial charge in [-0.3, -0.25) is 4.79 Å². The summed E-state index contributed by atoms with van der Waals surface area (Å²) in [5, 5.41) is 0. The number of benzene rings is 1. The second kappa shape index (κ2) is 6.49. The molecule has 1 saturated heterocycles. The van der Waals surface area contributed by atoms with Crippen LogP contribution >= 0.6 is 27.7 Å². The van der Waals surface area contributed by atoms with E-state index in [9.17, 15) is 13.2 Å². The molecule has 0 saturated carbocycles. The van der Waals surface area contributed by atoms with Gasteiger partial charge in [0.15, 0.2) is 9.84 Å². The van der Waals surface area contributed by atoms with Gasteiger partial charge in [0, 0.05) is 22.5 Å². The molecular formula is C13H16BrNO3S2. The molecule has 7 heteroatoms. The van der Waals surface area contributed by atoms with Crippen LogP contribution in [0.4, 0.5) is 0 Å². The van der Waals surface area contributed by atoms with Gasteiger partial charge in [0.1, 0.15) is 0 Å². The molecule has 0 unspecified atom stereocenters. The number of carbonyl (C=O) groups excluding carboxylic acids is 1. The lowest BCUT2D eigenvalue weighted by Gasteiger charge is -2.23. The van der Waals surface area contributed by atoms with Gasteiger partial charge in [0.25, 0.3) is 0 Å². The molecule has 2 rings (SSSR count). The van der Waals surface area contributed by atoms with Crippen LogP contribution in [-0.4, -0.2) is 49.6 Å². The Kier molecular flexibility index (Phi) is 5.14. The van der Waals surface area contributed by atoms with E-state index in [1.54, 1.807) is 11.9 Å². The fourth-order valence-corrected chi connectivity index (χ4v) is 4.92. The average Bonchev–Trinajstić information content (AvgIpc) is 2.77. The van der Waals surface area contributed by atoms with E-state index in [1.807, 2.05) is 24.3 Å². The second-order valence-corrected chi connectivity index (χ2v) is 9.00. The summed E-state index contributed by atoms with van der Waals surface area (Å²) in [5.41, 5.74) is 0. The Labute approximate surface area is 132 Å². The minimum absolute atomic E-state index is 0.0278. The van der Waals surface area contributed by atoms with E-state index in [-0.39, 0.29) is 23.5 Å². The first-order valence-corrected chi connectivity index (χ1v) is 9.82. The fraction of sp³-hybridized carbons (Fsp3) is 0.462. The number of nitrogens with zero attached hydrogens (tertiary/aromatic N) is 1. The summed E-state index contributed by atoms with van der Waals surface area (Å²) in [6.45, 7) is 0. The third-order valence-corrected chi connectivity index (χ3v) is 6.60. The number of hydrogen-bond donors (Lipinski definition) is 0. The van der Waals surface area contributed by atoms with Gasteiger partial charge in [-0.2, -0.15) is 0 Å². The Morgan fingerprint density at radius 1 is 1.40 bits per heavy atom. The lowest BCUT2D eigenvalue weighted by molar-refractivity contribution is -0.128. The molecule has 110 valence electrons. The van der Waals surface area contributed by atoms with Crippen molar-refractivity contribution in [3.8, 4) is 0 Å². The first-order valence-electron chi connectivity index (χ1n) is 6.22. The summed E-state index contributed by atoms with van der Waals surface area (Å²) in [7, 11) is -1.26. The van der Waals surface area contributed by atoms with E-state index in [2.05, 4.69) is 15.9 Å². The highest BCUT2D eigenvalue weighted by Gasteiger charge is 2.32. The van der Waals surface area contributed by atoms with Crippen molar-refractivity contribution in [2.45, 2.75) is 17.4 Å². The van der Waals surface area contributed by atoms with Crippen molar-refractivity contribution in [2.75, 3.05) is 24.3 Å².